The molecule has 3 aliphatic carbocycles. The Hall–Kier alpha value is -9.85. The molecular weight excluding hydrogens is 1100 g/mol. The summed E-state index contributed by atoms with van der Waals surface area (Å²) in [6.45, 7) is -11.6. The molecule has 0 bridgehead atoms. The number of fused-ring (bicyclic) bond motifs is 9. The van der Waals surface area contributed by atoms with E-state index < -0.39 is 64.2 Å². The van der Waals surface area contributed by atoms with Gasteiger partial charge < -0.3 is 0 Å². The lowest BCUT2D eigenvalue weighted by Crippen LogP contribution is -2.31. The summed E-state index contributed by atoms with van der Waals surface area (Å²) >= 11 is 0. The largest absolute Gasteiger partial charge is 0.260 e. The van der Waals surface area contributed by atoms with E-state index in [2.05, 4.69) is 58.4 Å². The summed E-state index contributed by atoms with van der Waals surface area (Å²) in [7, 11) is 5.77. The van der Waals surface area contributed by atoms with Crippen molar-refractivity contribution in [2.24, 2.45) is 21.1 Å². The highest BCUT2D eigenvalue weighted by molar-refractivity contribution is 5.87. The van der Waals surface area contributed by atoms with E-state index in [0.717, 1.165) is 83.8 Å². The predicted octanol–water partition coefficient (Wildman–Crippen LogP) is 18.3. The minimum absolute atomic E-state index is 0.0526. The SMILES string of the molecule is [2H]C([2H])([2H])C1(C([2H])([2H])[2H])c2cc(C)c(-c3ccc(-c4ccc(C)cc4)c[n+]3C)cc2-c2cccnc21.[2H]C([2H])([2H])C1(C([2H])([2H])[2H])c2cc(C)c(-c3ccc(-c4ccc(F)cc4)c[n+]3C)cc2-c2cccnc21.[2H]C([2H])([2H])c1ccc(-c2ccc(-c3cc4c(cc3C)C(C([2H])([2H])[2H])(C([2H])([2H])[2H])c3ncccc3-4)[n+](C)c2)cc1. The maximum Gasteiger partial charge on any atom is 0.212 e. The molecule has 12 aromatic rings. The van der Waals surface area contributed by atoms with E-state index in [1.165, 1.54) is 36.3 Å². The quantitative estimate of drug-likeness (QED) is 0.156. The standard InChI is InChI=1S/2C28H27N2.C27H24FN2/c2*1-18-8-10-20(11-9-18)21-12-13-26(30(5)17-21)23-16-24-22-7-6-14-29-27(22)28(3,4)25(24)15-19(23)2;1-17-14-24-23(21-6-5-13-29-26(21)27(24,2)3)15-22(17)25-12-9-19(16-30(25)4)18-7-10-20(28)11-8-18/h2*6-17H,1-5H3;5-16H,1-4H3/q3*+1/i1D3,3D3,4D3;3D3,4D3;2D3,3D3. The van der Waals surface area contributed by atoms with Gasteiger partial charge in [-0.1, -0.05) is 149 Å². The first-order valence-corrected chi connectivity index (χ1v) is 29.6. The Balaban J connectivity index is 0.000000146. The minimum Gasteiger partial charge on any atom is -0.260 e. The summed E-state index contributed by atoms with van der Waals surface area (Å²) < 4.78 is 192. The first kappa shape index (κ1) is 39.2. The molecule has 0 N–H and O–H groups in total. The van der Waals surface area contributed by atoms with Crippen molar-refractivity contribution in [2.45, 2.75) is 91.9 Å². The van der Waals surface area contributed by atoms with Gasteiger partial charge in [-0.2, -0.15) is 0 Å². The van der Waals surface area contributed by atoms with E-state index in [4.69, 9.17) is 28.8 Å². The van der Waals surface area contributed by atoms with Gasteiger partial charge in [-0.05, 0) is 168 Å². The van der Waals surface area contributed by atoms with Crippen LogP contribution in [0.2, 0.25) is 0 Å². The van der Waals surface area contributed by atoms with Crippen molar-refractivity contribution >= 4 is 0 Å². The molecule has 0 radical (unpaired) electrons. The Bertz CT molecular complexity index is 5390. The van der Waals surface area contributed by atoms with Crippen LogP contribution in [-0.2, 0) is 37.4 Å². The zero-order valence-electron chi connectivity index (χ0n) is 71.8. The lowest BCUT2D eigenvalue weighted by atomic mass is 9.83. The zero-order chi connectivity index (χ0) is 80.6. The van der Waals surface area contributed by atoms with Gasteiger partial charge in [0, 0.05) is 132 Å². The molecule has 6 aromatic heterocycles. The first-order valence-electron chi connectivity index (χ1n) is 40.1. The molecule has 6 nitrogen and oxygen atoms in total. The van der Waals surface area contributed by atoms with E-state index in [9.17, 15) is 4.39 Å². The normalized spacial score (nSPS) is 18.2. The second-order valence-corrected chi connectivity index (χ2v) is 23.8. The molecule has 6 aromatic carbocycles. The summed E-state index contributed by atoms with van der Waals surface area (Å²) in [6.07, 6.45) is 10.3. The maximum atomic E-state index is 13.3. The average Bonchev–Trinajstić information content (AvgIpc) is 1.54. The Labute approximate surface area is 560 Å². The lowest BCUT2D eigenvalue weighted by molar-refractivity contribution is -0.660. The Morgan fingerprint density at radius 2 is 0.633 bits per heavy atom. The van der Waals surface area contributed by atoms with Crippen molar-refractivity contribution < 1.29 is 46.9 Å². The third-order valence-electron chi connectivity index (χ3n) is 17.7. The van der Waals surface area contributed by atoms with E-state index in [1.807, 2.05) is 117 Å². The molecule has 90 heavy (non-hydrogen) atoms. The van der Waals surface area contributed by atoms with Crippen molar-refractivity contribution in [3.8, 4) is 101 Å². The van der Waals surface area contributed by atoms with Crippen molar-refractivity contribution in [2.75, 3.05) is 0 Å². The van der Waals surface area contributed by atoms with E-state index in [-0.39, 0.29) is 45.2 Å². The molecule has 0 saturated carbocycles. The fraction of sp³-hybridized carbons (Fsp3) is 0.205. The third-order valence-corrected chi connectivity index (χ3v) is 17.7. The van der Waals surface area contributed by atoms with Gasteiger partial charge in [-0.3, -0.25) is 15.0 Å². The topological polar surface area (TPSA) is 50.3 Å². The van der Waals surface area contributed by atoms with E-state index in [1.54, 1.807) is 91.0 Å². The van der Waals surface area contributed by atoms with Gasteiger partial charge in [0.2, 0.25) is 17.1 Å². The molecule has 0 spiro atoms. The van der Waals surface area contributed by atoms with Crippen LogP contribution in [0.15, 0.2) is 219 Å². The molecule has 0 atom stereocenters. The van der Waals surface area contributed by atoms with Crippen LogP contribution in [0, 0.1) is 40.4 Å². The zero-order valence-corrected chi connectivity index (χ0v) is 50.8. The van der Waals surface area contributed by atoms with Gasteiger partial charge in [-0.15, -0.1) is 0 Å². The number of rotatable bonds is 6. The first-order chi connectivity index (χ1) is 51.8. The van der Waals surface area contributed by atoms with Crippen LogP contribution in [0.3, 0.4) is 0 Å². The van der Waals surface area contributed by atoms with Gasteiger partial charge in [0.25, 0.3) is 0 Å². The number of nitrogens with zero attached hydrogens (tertiary/aromatic N) is 6. The molecule has 0 unspecified atom stereocenters. The molecule has 3 aliphatic rings. The monoisotopic (exact) mass is 1200 g/mol. The minimum atomic E-state index is -2.86. The third kappa shape index (κ3) is 10.3. The van der Waals surface area contributed by atoms with Crippen LogP contribution in [-0.4, -0.2) is 15.0 Å². The Morgan fingerprint density at radius 3 is 0.933 bits per heavy atom. The van der Waals surface area contributed by atoms with Crippen LogP contribution in [0.5, 0.6) is 0 Å². The molecule has 0 amide bonds. The fourth-order valence-electron chi connectivity index (χ4n) is 12.9. The molecule has 6 heterocycles. The second-order valence-electron chi connectivity index (χ2n) is 23.8. The highest BCUT2D eigenvalue weighted by atomic mass is 19.1. The smallest absolute Gasteiger partial charge is 0.212 e. The summed E-state index contributed by atoms with van der Waals surface area (Å²) in [6, 6.07) is 54.4. The lowest BCUT2D eigenvalue weighted by Gasteiger charge is -2.21. The van der Waals surface area contributed by atoms with Crippen LogP contribution >= 0.6 is 0 Å². The maximum absolute atomic E-state index is 13.3. The van der Waals surface area contributed by atoms with E-state index >= 15 is 0 Å². The summed E-state index contributed by atoms with van der Waals surface area (Å²) in [4.78, 5) is 13.0. The number of hydrogen-bond acceptors (Lipinski definition) is 3. The molecule has 15 rings (SSSR count). The summed E-state index contributed by atoms with van der Waals surface area (Å²) in [5.74, 6) is -0.298. The predicted molar refractivity (Wildman–Crippen MR) is 365 cm³/mol. The number of aromatic nitrogens is 6. The van der Waals surface area contributed by atoms with Crippen molar-refractivity contribution in [3.63, 3.8) is 0 Å². The fourth-order valence-corrected chi connectivity index (χ4v) is 12.9. The van der Waals surface area contributed by atoms with Gasteiger partial charge in [0.1, 0.15) is 27.0 Å². The van der Waals surface area contributed by atoms with Gasteiger partial charge >= 0.3 is 0 Å². The highest BCUT2D eigenvalue weighted by Gasteiger charge is 2.40. The second kappa shape index (κ2) is 22.6. The number of benzene rings is 6. The Kier molecular flexibility index (Phi) is 9.86. The van der Waals surface area contributed by atoms with Crippen LogP contribution in [0.25, 0.3) is 101 Å². The van der Waals surface area contributed by atoms with Crippen molar-refractivity contribution in [1.29, 1.82) is 0 Å². The van der Waals surface area contributed by atoms with Crippen LogP contribution < -0.4 is 13.7 Å². The summed E-state index contributed by atoms with van der Waals surface area (Å²) in [5.41, 5.74) is 12.5. The number of hydrogen-bond donors (Lipinski definition) is 0. The van der Waals surface area contributed by atoms with Crippen molar-refractivity contribution in [3.05, 3.63) is 287 Å². The molecule has 7 heteroatoms. The van der Waals surface area contributed by atoms with Gasteiger partial charge in [-0.25, -0.2) is 18.1 Å². The highest BCUT2D eigenvalue weighted by Crippen LogP contribution is 2.52. The molecular formula is C83H78FN6+3. The van der Waals surface area contributed by atoms with Crippen LogP contribution in [0.4, 0.5) is 4.39 Å². The number of pyridine rings is 6. The Morgan fingerprint density at radius 1 is 0.333 bits per heavy atom. The number of aryl methyl sites for hydroxylation is 8. The number of halogens is 1. The molecule has 0 aliphatic heterocycles. The molecule has 0 saturated heterocycles. The van der Waals surface area contributed by atoms with Gasteiger partial charge in [0.05, 0.1) is 17.1 Å². The van der Waals surface area contributed by atoms with Gasteiger partial charge in [0.15, 0.2) is 18.6 Å². The van der Waals surface area contributed by atoms with Crippen LogP contribution in [0.1, 0.15) is 131 Å². The molecule has 444 valence electrons. The molecule has 0 fully saturated rings. The average molecular weight is 1200 g/mol. The summed E-state index contributed by atoms with van der Waals surface area (Å²) in [5, 5.41) is 0. The van der Waals surface area contributed by atoms with E-state index in [0.29, 0.717) is 33.4 Å². The van der Waals surface area contributed by atoms with Crippen molar-refractivity contribution in [1.82, 2.24) is 15.0 Å².